The van der Waals surface area contributed by atoms with Crippen LogP contribution >= 0.6 is 0 Å². The maximum absolute atomic E-state index is 11.8. The molecule has 0 saturated carbocycles. The summed E-state index contributed by atoms with van der Waals surface area (Å²) in [4.78, 5) is 11.8. The monoisotopic (exact) mass is 312 g/mol. The molecule has 0 aliphatic carbocycles. The Balaban J connectivity index is 1.72. The molecule has 0 fully saturated rings. The van der Waals surface area contributed by atoms with Crippen LogP contribution in [0.2, 0.25) is 0 Å². The van der Waals surface area contributed by atoms with Gasteiger partial charge in [0, 0.05) is 0 Å². The Bertz CT molecular complexity index is 600. The van der Waals surface area contributed by atoms with Gasteiger partial charge in [0.05, 0.1) is 0 Å². The number of aryl methyl sites for hydroxylation is 2. The zero-order valence-corrected chi connectivity index (χ0v) is 13.9. The minimum atomic E-state index is -0.0827. The topological polar surface area (TPSA) is 35.5 Å². The van der Waals surface area contributed by atoms with Gasteiger partial charge in [0.25, 0.3) is 0 Å². The third-order valence-electron chi connectivity index (χ3n) is 3.56. The normalized spacial score (nSPS) is 10.3. The molecule has 0 unspecified atom stereocenters. The number of carbonyl (C=O) groups excluding carboxylic acids is 1. The second kappa shape index (κ2) is 8.99. The fourth-order valence-electron chi connectivity index (χ4n) is 2.14. The average molecular weight is 312 g/mol. The number of carbonyl (C=O) groups is 1. The van der Waals surface area contributed by atoms with Crippen molar-refractivity contribution in [1.29, 1.82) is 0 Å². The highest BCUT2D eigenvalue weighted by Crippen LogP contribution is 2.14. The highest BCUT2D eigenvalue weighted by molar-refractivity contribution is 5.81. The molecule has 0 aliphatic rings. The van der Waals surface area contributed by atoms with Crippen LogP contribution < -0.4 is 9.47 Å². The minimum Gasteiger partial charge on any atom is -0.486 e. The Morgan fingerprint density at radius 3 is 1.91 bits per heavy atom. The lowest BCUT2D eigenvalue weighted by Gasteiger charge is -2.08. The summed E-state index contributed by atoms with van der Waals surface area (Å²) >= 11 is 0. The second-order valence-corrected chi connectivity index (χ2v) is 5.68. The standard InChI is InChI=1S/C20H24O3/c1-3-4-5-17-8-12-20(13-9-17)23-15-18(21)14-22-19-10-6-16(2)7-11-19/h6-13H,3-5,14-15H2,1-2H3. The van der Waals surface area contributed by atoms with Gasteiger partial charge < -0.3 is 9.47 Å². The Kier molecular flexibility index (Phi) is 6.67. The SMILES string of the molecule is CCCCc1ccc(OCC(=O)COc2ccc(C)cc2)cc1. The Hall–Kier alpha value is -2.29. The van der Waals surface area contributed by atoms with E-state index in [0.717, 1.165) is 12.0 Å². The molecular weight excluding hydrogens is 288 g/mol. The fraction of sp³-hybridized carbons (Fsp3) is 0.350. The van der Waals surface area contributed by atoms with E-state index in [1.807, 2.05) is 43.3 Å². The van der Waals surface area contributed by atoms with Crippen molar-refractivity contribution in [2.24, 2.45) is 0 Å². The average Bonchev–Trinajstić information content (AvgIpc) is 2.58. The predicted molar refractivity (Wildman–Crippen MR) is 92.2 cm³/mol. The first kappa shape index (κ1) is 17.1. The van der Waals surface area contributed by atoms with Gasteiger partial charge in [0.1, 0.15) is 24.7 Å². The van der Waals surface area contributed by atoms with Crippen LogP contribution in [0.25, 0.3) is 0 Å². The summed E-state index contributed by atoms with van der Waals surface area (Å²) < 4.78 is 11.0. The van der Waals surface area contributed by atoms with E-state index in [0.29, 0.717) is 11.5 Å². The van der Waals surface area contributed by atoms with Gasteiger partial charge in [-0.05, 0) is 49.6 Å². The van der Waals surface area contributed by atoms with E-state index < -0.39 is 0 Å². The van der Waals surface area contributed by atoms with E-state index in [-0.39, 0.29) is 19.0 Å². The van der Waals surface area contributed by atoms with Gasteiger partial charge in [-0.25, -0.2) is 0 Å². The van der Waals surface area contributed by atoms with E-state index in [4.69, 9.17) is 9.47 Å². The molecule has 0 bridgehead atoms. The van der Waals surface area contributed by atoms with E-state index in [9.17, 15) is 4.79 Å². The number of ether oxygens (including phenoxy) is 2. The molecule has 0 spiro atoms. The summed E-state index contributed by atoms with van der Waals surface area (Å²) in [6, 6.07) is 15.6. The van der Waals surface area contributed by atoms with Crippen LogP contribution in [0.15, 0.2) is 48.5 Å². The van der Waals surface area contributed by atoms with Crippen molar-refractivity contribution in [3.8, 4) is 11.5 Å². The Morgan fingerprint density at radius 2 is 1.39 bits per heavy atom. The number of Topliss-reactive ketones (excluding diaryl/α,β-unsaturated/α-hetero) is 1. The van der Waals surface area contributed by atoms with E-state index in [1.54, 1.807) is 0 Å². The predicted octanol–water partition coefficient (Wildman–Crippen LogP) is 4.36. The third-order valence-corrected chi connectivity index (χ3v) is 3.56. The Morgan fingerprint density at radius 1 is 0.870 bits per heavy atom. The zero-order valence-electron chi connectivity index (χ0n) is 13.9. The molecule has 0 atom stereocenters. The van der Waals surface area contributed by atoms with Gasteiger partial charge in [-0.1, -0.05) is 43.2 Å². The summed E-state index contributed by atoms with van der Waals surface area (Å²) in [7, 11) is 0. The first-order chi connectivity index (χ1) is 11.2. The van der Waals surface area contributed by atoms with Gasteiger partial charge in [-0.15, -0.1) is 0 Å². The van der Waals surface area contributed by atoms with Crippen LogP contribution in [-0.4, -0.2) is 19.0 Å². The lowest BCUT2D eigenvalue weighted by molar-refractivity contribution is -0.123. The molecule has 0 aromatic heterocycles. The summed E-state index contributed by atoms with van der Waals surface area (Å²) in [5.74, 6) is 1.33. The van der Waals surface area contributed by atoms with Crippen molar-refractivity contribution >= 4 is 5.78 Å². The highest BCUT2D eigenvalue weighted by Gasteiger charge is 2.05. The van der Waals surface area contributed by atoms with Gasteiger partial charge in [-0.2, -0.15) is 0 Å². The molecule has 0 saturated heterocycles. The van der Waals surface area contributed by atoms with Gasteiger partial charge in [0.2, 0.25) is 5.78 Å². The summed E-state index contributed by atoms with van der Waals surface area (Å²) in [6.45, 7) is 4.25. The molecule has 0 radical (unpaired) electrons. The van der Waals surface area contributed by atoms with Crippen LogP contribution in [-0.2, 0) is 11.2 Å². The molecule has 2 rings (SSSR count). The van der Waals surface area contributed by atoms with E-state index in [1.165, 1.54) is 18.4 Å². The van der Waals surface area contributed by atoms with Crippen LogP contribution in [0.3, 0.4) is 0 Å². The number of ketones is 1. The zero-order chi connectivity index (χ0) is 16.5. The number of hydrogen-bond donors (Lipinski definition) is 0. The third kappa shape index (κ3) is 6.15. The van der Waals surface area contributed by atoms with E-state index in [2.05, 4.69) is 19.1 Å². The van der Waals surface area contributed by atoms with Crippen molar-refractivity contribution in [2.45, 2.75) is 33.1 Å². The van der Waals surface area contributed by atoms with E-state index >= 15 is 0 Å². The Labute approximate surface area is 138 Å². The molecule has 122 valence electrons. The van der Waals surface area contributed by atoms with Gasteiger partial charge in [0.15, 0.2) is 0 Å². The number of benzene rings is 2. The molecule has 0 aliphatic heterocycles. The summed E-state index contributed by atoms with van der Waals surface area (Å²) in [5, 5.41) is 0. The number of hydrogen-bond acceptors (Lipinski definition) is 3. The molecule has 3 nitrogen and oxygen atoms in total. The maximum atomic E-state index is 11.8. The minimum absolute atomic E-state index is 0.0254. The van der Waals surface area contributed by atoms with Gasteiger partial charge in [-0.3, -0.25) is 4.79 Å². The quantitative estimate of drug-likeness (QED) is 0.690. The lowest BCUT2D eigenvalue weighted by Crippen LogP contribution is -2.19. The van der Waals surface area contributed by atoms with Crippen LogP contribution in [0.4, 0.5) is 0 Å². The van der Waals surface area contributed by atoms with Crippen LogP contribution in [0.1, 0.15) is 30.9 Å². The fourth-order valence-corrected chi connectivity index (χ4v) is 2.14. The largest absolute Gasteiger partial charge is 0.486 e. The molecule has 2 aromatic carbocycles. The lowest BCUT2D eigenvalue weighted by atomic mass is 10.1. The molecule has 0 N–H and O–H groups in total. The van der Waals surface area contributed by atoms with Crippen molar-refractivity contribution in [3.63, 3.8) is 0 Å². The van der Waals surface area contributed by atoms with Crippen molar-refractivity contribution in [3.05, 3.63) is 59.7 Å². The van der Waals surface area contributed by atoms with Crippen molar-refractivity contribution in [1.82, 2.24) is 0 Å². The van der Waals surface area contributed by atoms with Crippen LogP contribution in [0, 0.1) is 6.92 Å². The smallest absolute Gasteiger partial charge is 0.207 e. The highest BCUT2D eigenvalue weighted by atomic mass is 16.5. The molecule has 3 heteroatoms. The number of rotatable bonds is 9. The first-order valence-electron chi connectivity index (χ1n) is 8.10. The summed E-state index contributed by atoms with van der Waals surface area (Å²) in [6.07, 6.45) is 3.46. The second-order valence-electron chi connectivity index (χ2n) is 5.68. The molecule has 2 aromatic rings. The molecule has 0 heterocycles. The molecule has 23 heavy (non-hydrogen) atoms. The summed E-state index contributed by atoms with van der Waals surface area (Å²) in [5.41, 5.74) is 2.46. The van der Waals surface area contributed by atoms with Crippen molar-refractivity contribution < 1.29 is 14.3 Å². The maximum Gasteiger partial charge on any atom is 0.207 e. The number of unbranched alkanes of at least 4 members (excludes halogenated alkanes) is 1. The molecular formula is C20H24O3. The molecule has 0 amide bonds. The first-order valence-corrected chi connectivity index (χ1v) is 8.10. The van der Waals surface area contributed by atoms with Gasteiger partial charge >= 0.3 is 0 Å². The van der Waals surface area contributed by atoms with Crippen LogP contribution in [0.5, 0.6) is 11.5 Å². The van der Waals surface area contributed by atoms with Crippen molar-refractivity contribution in [2.75, 3.05) is 13.2 Å².